The van der Waals surface area contributed by atoms with E-state index >= 15 is 0 Å². The van der Waals surface area contributed by atoms with E-state index in [1.54, 1.807) is 60.5 Å². The van der Waals surface area contributed by atoms with E-state index in [-0.39, 0.29) is 22.4 Å². The Morgan fingerprint density at radius 2 is 1.68 bits per heavy atom. The van der Waals surface area contributed by atoms with E-state index in [0.29, 0.717) is 16.5 Å². The number of amides is 1. The number of nitrogens with one attached hydrogen (secondary N) is 1. The molecule has 1 unspecified atom stereocenters. The second kappa shape index (κ2) is 9.41. The molecule has 1 atom stereocenters. The molecule has 0 bridgehead atoms. The van der Waals surface area contributed by atoms with Crippen LogP contribution in [0.15, 0.2) is 77.7 Å². The summed E-state index contributed by atoms with van der Waals surface area (Å²) in [6.45, 7) is 1.90. The molecule has 3 rings (SSSR count). The molecule has 1 amide bonds. The first kappa shape index (κ1) is 22.7. The predicted molar refractivity (Wildman–Crippen MR) is 122 cm³/mol. The largest absolute Gasteiger partial charge is 0.497 e. The van der Waals surface area contributed by atoms with Gasteiger partial charge in [0.15, 0.2) is 0 Å². The number of ether oxygens (including phenoxy) is 1. The van der Waals surface area contributed by atoms with E-state index < -0.39 is 10.0 Å². The number of sulfonamides is 1. The lowest BCUT2D eigenvalue weighted by atomic mass is 10.1. The number of benzene rings is 3. The molecule has 0 heterocycles. The van der Waals surface area contributed by atoms with Crippen molar-refractivity contribution in [2.45, 2.75) is 17.9 Å². The van der Waals surface area contributed by atoms with Gasteiger partial charge in [0.25, 0.3) is 15.9 Å². The first-order valence-electron chi connectivity index (χ1n) is 9.51. The maximum absolute atomic E-state index is 13.0. The first-order valence-corrected chi connectivity index (χ1v) is 11.4. The number of carbonyl (C=O) groups is 1. The molecule has 0 radical (unpaired) electrons. The standard InChI is InChI=1S/C23H23ClN2O4S/c1-16(17-7-9-19(24)10-8-17)26(2)23(27)18-5-4-6-22(15-18)31(28,29)25-20-11-13-21(30-3)14-12-20/h4-16,25H,1-3H3. The van der Waals surface area contributed by atoms with E-state index in [2.05, 4.69) is 4.72 Å². The fourth-order valence-electron chi connectivity index (χ4n) is 3.01. The van der Waals surface area contributed by atoms with Crippen molar-refractivity contribution >= 4 is 33.2 Å². The van der Waals surface area contributed by atoms with Crippen molar-refractivity contribution in [1.29, 1.82) is 0 Å². The lowest BCUT2D eigenvalue weighted by Crippen LogP contribution is -2.29. The Morgan fingerprint density at radius 3 is 2.29 bits per heavy atom. The Bertz CT molecular complexity index is 1160. The Kier molecular flexibility index (Phi) is 6.87. The maximum Gasteiger partial charge on any atom is 0.261 e. The summed E-state index contributed by atoms with van der Waals surface area (Å²) >= 11 is 5.94. The normalized spacial score (nSPS) is 12.1. The fraction of sp³-hybridized carbons (Fsp3) is 0.174. The van der Waals surface area contributed by atoms with Crippen molar-refractivity contribution in [1.82, 2.24) is 4.90 Å². The molecule has 0 spiro atoms. The summed E-state index contributed by atoms with van der Waals surface area (Å²) in [6, 6.07) is 19.5. The molecular weight excluding hydrogens is 436 g/mol. The Labute approximate surface area is 187 Å². The average Bonchev–Trinajstić information content (AvgIpc) is 2.78. The molecule has 3 aromatic carbocycles. The number of halogens is 1. The molecule has 0 fully saturated rings. The van der Waals surface area contributed by atoms with Gasteiger partial charge in [-0.15, -0.1) is 0 Å². The molecule has 8 heteroatoms. The Balaban J connectivity index is 1.80. The highest BCUT2D eigenvalue weighted by molar-refractivity contribution is 7.92. The van der Waals surface area contributed by atoms with Gasteiger partial charge in [-0.3, -0.25) is 9.52 Å². The molecule has 0 aromatic heterocycles. The van der Waals surface area contributed by atoms with Gasteiger partial charge in [-0.05, 0) is 67.1 Å². The van der Waals surface area contributed by atoms with Gasteiger partial charge in [-0.2, -0.15) is 0 Å². The Morgan fingerprint density at radius 1 is 1.03 bits per heavy atom. The molecule has 0 saturated heterocycles. The predicted octanol–water partition coefficient (Wildman–Crippen LogP) is 4.98. The molecule has 0 aliphatic rings. The summed E-state index contributed by atoms with van der Waals surface area (Å²) in [6.07, 6.45) is 0. The van der Waals surface area contributed by atoms with Crippen molar-refractivity contribution < 1.29 is 17.9 Å². The van der Waals surface area contributed by atoms with E-state index in [1.165, 1.54) is 19.2 Å². The topological polar surface area (TPSA) is 75.7 Å². The van der Waals surface area contributed by atoms with Crippen molar-refractivity contribution in [3.8, 4) is 5.75 Å². The minimum absolute atomic E-state index is 0.00159. The SMILES string of the molecule is COc1ccc(NS(=O)(=O)c2cccc(C(=O)N(C)C(C)c3ccc(Cl)cc3)c2)cc1. The number of hydrogen-bond donors (Lipinski definition) is 1. The molecule has 162 valence electrons. The number of rotatable bonds is 7. The van der Waals surface area contributed by atoms with Crippen LogP contribution in [0.5, 0.6) is 5.75 Å². The Hall–Kier alpha value is -3.03. The number of hydrogen-bond acceptors (Lipinski definition) is 4. The van der Waals surface area contributed by atoms with Crippen LogP contribution < -0.4 is 9.46 Å². The third-order valence-electron chi connectivity index (χ3n) is 4.99. The van der Waals surface area contributed by atoms with Gasteiger partial charge in [0.05, 0.1) is 18.0 Å². The lowest BCUT2D eigenvalue weighted by Gasteiger charge is -2.25. The molecule has 1 N–H and O–H groups in total. The van der Waals surface area contributed by atoms with Gasteiger partial charge in [0, 0.05) is 23.3 Å². The third kappa shape index (κ3) is 5.37. The van der Waals surface area contributed by atoms with Crippen molar-refractivity contribution in [3.05, 3.63) is 88.9 Å². The molecule has 0 saturated carbocycles. The number of nitrogens with zero attached hydrogens (tertiary/aromatic N) is 1. The highest BCUT2D eigenvalue weighted by Crippen LogP contribution is 2.24. The number of carbonyl (C=O) groups excluding carboxylic acids is 1. The van der Waals surface area contributed by atoms with Gasteiger partial charge < -0.3 is 9.64 Å². The second-order valence-electron chi connectivity index (χ2n) is 7.01. The van der Waals surface area contributed by atoms with Crippen LogP contribution in [0.3, 0.4) is 0 Å². The van der Waals surface area contributed by atoms with Gasteiger partial charge in [-0.25, -0.2) is 8.42 Å². The van der Waals surface area contributed by atoms with Crippen molar-refractivity contribution in [2.75, 3.05) is 18.9 Å². The van der Waals surface area contributed by atoms with Crippen LogP contribution in [0.4, 0.5) is 5.69 Å². The van der Waals surface area contributed by atoms with E-state index in [0.717, 1.165) is 5.56 Å². The smallest absolute Gasteiger partial charge is 0.261 e. The summed E-state index contributed by atoms with van der Waals surface area (Å²) in [4.78, 5) is 14.6. The van der Waals surface area contributed by atoms with Gasteiger partial charge >= 0.3 is 0 Å². The second-order valence-corrected chi connectivity index (χ2v) is 9.12. The molecule has 0 aliphatic heterocycles. The molecular formula is C23H23ClN2O4S. The van der Waals surface area contributed by atoms with Crippen LogP contribution in [-0.4, -0.2) is 33.4 Å². The summed E-state index contributed by atoms with van der Waals surface area (Å²) in [5.41, 5.74) is 1.59. The summed E-state index contributed by atoms with van der Waals surface area (Å²) in [5, 5.41) is 0.618. The summed E-state index contributed by atoms with van der Waals surface area (Å²) in [5.74, 6) is 0.331. The highest BCUT2D eigenvalue weighted by atomic mass is 35.5. The van der Waals surface area contributed by atoms with Crippen LogP contribution in [0.1, 0.15) is 28.9 Å². The minimum Gasteiger partial charge on any atom is -0.497 e. The van der Waals surface area contributed by atoms with E-state index in [4.69, 9.17) is 16.3 Å². The van der Waals surface area contributed by atoms with Crippen molar-refractivity contribution in [3.63, 3.8) is 0 Å². The molecule has 3 aromatic rings. The fourth-order valence-corrected chi connectivity index (χ4v) is 4.24. The van der Waals surface area contributed by atoms with E-state index in [1.807, 2.05) is 19.1 Å². The molecule has 6 nitrogen and oxygen atoms in total. The lowest BCUT2D eigenvalue weighted by molar-refractivity contribution is 0.0742. The highest BCUT2D eigenvalue weighted by Gasteiger charge is 2.21. The quantitative estimate of drug-likeness (QED) is 0.541. The number of anilines is 1. The van der Waals surface area contributed by atoms with E-state index in [9.17, 15) is 13.2 Å². The van der Waals surface area contributed by atoms with Gasteiger partial charge in [0.1, 0.15) is 5.75 Å². The third-order valence-corrected chi connectivity index (χ3v) is 6.62. The number of methoxy groups -OCH3 is 1. The van der Waals surface area contributed by atoms with Crippen LogP contribution in [0, 0.1) is 0 Å². The zero-order valence-corrected chi connectivity index (χ0v) is 18.9. The maximum atomic E-state index is 13.0. The van der Waals surface area contributed by atoms with Gasteiger partial charge in [0.2, 0.25) is 0 Å². The molecule has 0 aliphatic carbocycles. The van der Waals surface area contributed by atoms with Crippen LogP contribution in [-0.2, 0) is 10.0 Å². The van der Waals surface area contributed by atoms with Gasteiger partial charge in [-0.1, -0.05) is 29.8 Å². The summed E-state index contributed by atoms with van der Waals surface area (Å²) < 4.78 is 33.2. The van der Waals surface area contributed by atoms with Crippen LogP contribution >= 0.6 is 11.6 Å². The zero-order chi connectivity index (χ0) is 22.6. The zero-order valence-electron chi connectivity index (χ0n) is 17.4. The monoisotopic (exact) mass is 458 g/mol. The summed E-state index contributed by atoms with van der Waals surface area (Å²) in [7, 11) is -0.655. The molecule has 31 heavy (non-hydrogen) atoms. The van der Waals surface area contributed by atoms with Crippen LogP contribution in [0.25, 0.3) is 0 Å². The van der Waals surface area contributed by atoms with Crippen LogP contribution in [0.2, 0.25) is 5.02 Å². The van der Waals surface area contributed by atoms with Crippen molar-refractivity contribution in [2.24, 2.45) is 0 Å². The first-order chi connectivity index (χ1) is 14.7. The average molecular weight is 459 g/mol. The minimum atomic E-state index is -3.87.